The number of ether oxygens (including phenoxy) is 3. The predicted molar refractivity (Wildman–Crippen MR) is 141 cm³/mol. The third-order valence-corrected chi connectivity index (χ3v) is 3.68. The average molecular weight is 491 g/mol. The molecular weight excluding hydrogens is 448 g/mol. The number of aliphatic hydroxyl groups excluding tert-OH is 1. The standard InChI is InChI=1S/C8H8.2C7H12O2.C6H10O3/c1-2-8-6-4-3-5-7-8;1-4-6(3)9-7(8)5-2;1-3-5-6-9-7(8)4-2;1-5(2)6(8)9-4-3-7/h2-7H,1H2;5-6H,2,4H2,1,3H3;4H,2-3,5-6H2,1H3;7H,1,3-4H2,2H3. The molecule has 0 heterocycles. The van der Waals surface area contributed by atoms with Gasteiger partial charge in [-0.25, -0.2) is 14.4 Å². The van der Waals surface area contributed by atoms with E-state index in [0.717, 1.165) is 19.3 Å². The Kier molecular flexibility index (Phi) is 27.7. The fraction of sp³-hybridized carbons (Fsp3) is 0.393. The number of rotatable bonds is 11. The zero-order valence-electron chi connectivity index (χ0n) is 21.7. The van der Waals surface area contributed by atoms with Crippen LogP contribution in [0.3, 0.4) is 0 Å². The molecule has 0 saturated heterocycles. The molecule has 0 spiro atoms. The molecule has 1 rings (SSSR count). The van der Waals surface area contributed by atoms with E-state index in [4.69, 9.17) is 9.84 Å². The van der Waals surface area contributed by atoms with Gasteiger partial charge in [0.25, 0.3) is 0 Å². The molecule has 7 nitrogen and oxygen atoms in total. The van der Waals surface area contributed by atoms with Gasteiger partial charge in [0.1, 0.15) is 6.61 Å². The highest BCUT2D eigenvalue weighted by atomic mass is 16.5. The van der Waals surface area contributed by atoms with E-state index in [9.17, 15) is 14.4 Å². The lowest BCUT2D eigenvalue weighted by Crippen LogP contribution is -2.10. The van der Waals surface area contributed by atoms with E-state index in [0.29, 0.717) is 12.2 Å². The second-order valence-corrected chi connectivity index (χ2v) is 6.84. The van der Waals surface area contributed by atoms with Crippen LogP contribution in [0.1, 0.15) is 52.5 Å². The van der Waals surface area contributed by atoms with Gasteiger partial charge in [-0.3, -0.25) is 0 Å². The molecule has 35 heavy (non-hydrogen) atoms. The molecule has 1 atom stereocenters. The molecule has 0 aliphatic carbocycles. The largest absolute Gasteiger partial charge is 0.463 e. The van der Waals surface area contributed by atoms with Crippen LogP contribution < -0.4 is 0 Å². The summed E-state index contributed by atoms with van der Waals surface area (Å²) in [5.41, 5.74) is 1.52. The smallest absolute Gasteiger partial charge is 0.333 e. The summed E-state index contributed by atoms with van der Waals surface area (Å²) in [6.45, 7) is 21.4. The van der Waals surface area contributed by atoms with Crippen LogP contribution in [-0.4, -0.2) is 48.9 Å². The van der Waals surface area contributed by atoms with E-state index in [1.165, 1.54) is 17.7 Å². The molecule has 0 aliphatic rings. The van der Waals surface area contributed by atoms with E-state index >= 15 is 0 Å². The Morgan fingerprint density at radius 1 is 0.971 bits per heavy atom. The van der Waals surface area contributed by atoms with Crippen molar-refractivity contribution in [2.45, 2.75) is 53.1 Å². The lowest BCUT2D eigenvalue weighted by atomic mass is 10.2. The van der Waals surface area contributed by atoms with Crippen molar-refractivity contribution < 1.29 is 33.7 Å². The molecule has 0 aliphatic heterocycles. The van der Waals surface area contributed by atoms with Gasteiger partial charge in [-0.15, -0.1) is 0 Å². The van der Waals surface area contributed by atoms with Crippen LogP contribution in [0.2, 0.25) is 0 Å². The predicted octanol–water partition coefficient (Wildman–Crippen LogP) is 5.46. The van der Waals surface area contributed by atoms with Gasteiger partial charge in [0.2, 0.25) is 0 Å². The average Bonchev–Trinajstić information content (AvgIpc) is 2.88. The van der Waals surface area contributed by atoms with Crippen molar-refractivity contribution in [3.8, 4) is 0 Å². The summed E-state index contributed by atoms with van der Waals surface area (Å²) in [7, 11) is 0. The number of unbranched alkanes of at least 4 members (excludes halogenated alkanes) is 1. The molecule has 0 amide bonds. The maximum atomic E-state index is 10.5. The zero-order valence-corrected chi connectivity index (χ0v) is 21.7. The topological polar surface area (TPSA) is 99.1 Å². The quantitative estimate of drug-likeness (QED) is 0.190. The molecule has 0 aromatic heterocycles. The summed E-state index contributed by atoms with van der Waals surface area (Å²) in [4.78, 5) is 31.3. The van der Waals surface area contributed by atoms with E-state index in [2.05, 4.69) is 35.8 Å². The van der Waals surface area contributed by atoms with Gasteiger partial charge in [0.15, 0.2) is 0 Å². The van der Waals surface area contributed by atoms with Crippen LogP contribution in [0.5, 0.6) is 0 Å². The summed E-state index contributed by atoms with van der Waals surface area (Å²) in [6, 6.07) is 10.0. The summed E-state index contributed by atoms with van der Waals surface area (Å²) in [6.07, 6.45) is 7.02. The maximum absolute atomic E-state index is 10.5. The minimum atomic E-state index is -0.455. The Bertz CT molecular complexity index is 737. The Morgan fingerprint density at radius 3 is 1.91 bits per heavy atom. The Morgan fingerprint density at radius 2 is 1.54 bits per heavy atom. The summed E-state index contributed by atoms with van der Waals surface area (Å²) in [5, 5.41) is 8.19. The number of carbonyl (C=O) groups is 3. The molecule has 0 saturated carbocycles. The molecule has 1 unspecified atom stereocenters. The number of benzene rings is 1. The number of aliphatic hydroxyl groups is 1. The number of esters is 3. The Labute approximate surface area is 210 Å². The monoisotopic (exact) mass is 490 g/mol. The molecule has 196 valence electrons. The van der Waals surface area contributed by atoms with Crippen LogP contribution in [0.25, 0.3) is 6.08 Å². The molecule has 1 aromatic carbocycles. The fourth-order valence-electron chi connectivity index (χ4n) is 1.56. The van der Waals surface area contributed by atoms with E-state index in [1.54, 1.807) is 6.92 Å². The minimum absolute atomic E-state index is 0.00972. The normalized spacial score (nSPS) is 9.51. The molecule has 0 radical (unpaired) electrons. The van der Waals surface area contributed by atoms with Crippen molar-refractivity contribution >= 4 is 24.0 Å². The van der Waals surface area contributed by atoms with Crippen molar-refractivity contribution in [2.24, 2.45) is 0 Å². The van der Waals surface area contributed by atoms with Crippen molar-refractivity contribution in [3.05, 3.63) is 79.9 Å². The first-order valence-electron chi connectivity index (χ1n) is 11.4. The molecule has 1 N–H and O–H groups in total. The number of hydrogen-bond donors (Lipinski definition) is 1. The summed E-state index contributed by atoms with van der Waals surface area (Å²) >= 11 is 0. The van der Waals surface area contributed by atoms with Gasteiger partial charge < -0.3 is 19.3 Å². The van der Waals surface area contributed by atoms with E-state index in [1.807, 2.05) is 57.2 Å². The SMILES string of the molecule is C=C(C)C(=O)OCCO.C=CC(=O)OC(C)CC.C=CC(=O)OCCCC.C=Cc1ccccc1. The maximum Gasteiger partial charge on any atom is 0.333 e. The third-order valence-electron chi connectivity index (χ3n) is 3.68. The van der Waals surface area contributed by atoms with Crippen LogP contribution in [0.15, 0.2) is 74.4 Å². The second-order valence-electron chi connectivity index (χ2n) is 6.84. The van der Waals surface area contributed by atoms with Crippen molar-refractivity contribution in [2.75, 3.05) is 19.8 Å². The summed E-state index contributed by atoms with van der Waals surface area (Å²) in [5.74, 6) is -1.13. The third kappa shape index (κ3) is 28.5. The zero-order chi connectivity index (χ0) is 27.5. The first kappa shape index (κ1) is 36.1. The van der Waals surface area contributed by atoms with Crippen molar-refractivity contribution in [1.82, 2.24) is 0 Å². The Balaban J connectivity index is -0.000000390. The van der Waals surface area contributed by atoms with Crippen molar-refractivity contribution in [1.29, 1.82) is 0 Å². The lowest BCUT2D eigenvalue weighted by Gasteiger charge is -2.07. The highest BCUT2D eigenvalue weighted by Crippen LogP contribution is 1.97. The second kappa shape index (κ2) is 26.8. The molecule has 1 aromatic rings. The van der Waals surface area contributed by atoms with Crippen LogP contribution >= 0.6 is 0 Å². The Hall–Kier alpha value is -3.45. The van der Waals surface area contributed by atoms with Gasteiger partial charge in [0.05, 0.1) is 19.3 Å². The molecule has 7 heteroatoms. The highest BCUT2D eigenvalue weighted by Gasteiger charge is 2.01. The van der Waals surface area contributed by atoms with Crippen LogP contribution in [0.4, 0.5) is 0 Å². The van der Waals surface area contributed by atoms with Crippen molar-refractivity contribution in [3.63, 3.8) is 0 Å². The van der Waals surface area contributed by atoms with Crippen LogP contribution in [-0.2, 0) is 28.6 Å². The number of hydrogen-bond acceptors (Lipinski definition) is 7. The molecule has 0 fully saturated rings. The minimum Gasteiger partial charge on any atom is -0.463 e. The van der Waals surface area contributed by atoms with E-state index < -0.39 is 5.97 Å². The lowest BCUT2D eigenvalue weighted by molar-refractivity contribution is -0.142. The first-order valence-corrected chi connectivity index (χ1v) is 11.4. The van der Waals surface area contributed by atoms with Gasteiger partial charge in [0, 0.05) is 17.7 Å². The van der Waals surface area contributed by atoms with Gasteiger partial charge in [-0.1, -0.05) is 83.0 Å². The number of carbonyl (C=O) groups excluding carboxylic acids is 3. The van der Waals surface area contributed by atoms with Gasteiger partial charge in [-0.2, -0.15) is 0 Å². The summed E-state index contributed by atoms with van der Waals surface area (Å²) < 4.78 is 13.9. The van der Waals surface area contributed by atoms with Gasteiger partial charge >= 0.3 is 17.9 Å². The highest BCUT2D eigenvalue weighted by molar-refractivity contribution is 5.86. The van der Waals surface area contributed by atoms with Crippen LogP contribution in [0, 0.1) is 0 Å². The first-order chi connectivity index (χ1) is 16.6. The fourth-order valence-corrected chi connectivity index (χ4v) is 1.56. The van der Waals surface area contributed by atoms with Gasteiger partial charge in [-0.05, 0) is 32.3 Å². The molecule has 0 bridgehead atoms. The molecular formula is C28H42O7. The van der Waals surface area contributed by atoms with E-state index in [-0.39, 0.29) is 31.3 Å².